The minimum atomic E-state index is -0.385. The molecule has 0 unspecified atom stereocenters. The van der Waals surface area contributed by atoms with Crippen LogP contribution in [0.1, 0.15) is 54.1 Å². The fraction of sp³-hybridized carbons (Fsp3) is 0.0714. The van der Waals surface area contributed by atoms with E-state index in [-0.39, 0.29) is 38.6 Å². The molecule has 8 heteroatoms. The molecule has 14 aromatic carbocycles. The average molecular weight is 1180 g/mol. The minimum Gasteiger partial charge on any atom is -0.457 e. The molecule has 4 heterocycles. The van der Waals surface area contributed by atoms with Crippen molar-refractivity contribution in [2.75, 3.05) is 9.80 Å². The number of nitrogens with zero attached hydrogens (tertiary/aromatic N) is 2. The van der Waals surface area contributed by atoms with Crippen molar-refractivity contribution in [1.82, 2.24) is 0 Å². The van der Waals surface area contributed by atoms with Gasteiger partial charge in [-0.25, -0.2) is 9.59 Å². The molecule has 0 radical (unpaired) electrons. The molecule has 434 valence electrons. The molecule has 0 aliphatic carbocycles. The van der Waals surface area contributed by atoms with Gasteiger partial charge in [-0.1, -0.05) is 193 Å². The lowest BCUT2D eigenvalue weighted by Crippen LogP contribution is -2.60. The summed E-state index contributed by atoms with van der Waals surface area (Å²) >= 11 is 0. The molecule has 0 N–H and O–H groups in total. The van der Waals surface area contributed by atoms with Crippen molar-refractivity contribution in [3.05, 3.63) is 299 Å². The SMILES string of the molecule is Cc1cccc(C)c1-c1cc2c3c(cc4c(-c5c(C)cccc5C)cc5c6c(cc1c3c46)B1c3ccccc3N(c3ccccc3)c3cc(C(=O)OCc4ccccc4)cc-5c31)B1c3ccccc3N(c3ccccc3)c3cc(C(=O)OCc4ccccc4)cc-2c31. The van der Waals surface area contributed by atoms with Gasteiger partial charge in [-0.2, -0.15) is 0 Å². The lowest BCUT2D eigenvalue weighted by Gasteiger charge is -2.42. The second kappa shape index (κ2) is 20.7. The number of hydrogen-bond donors (Lipinski definition) is 0. The zero-order valence-electron chi connectivity index (χ0n) is 51.3. The third-order valence-corrected chi connectivity index (χ3v) is 20.1. The maximum absolute atomic E-state index is 15.1. The number of para-hydroxylation sites is 4. The average Bonchev–Trinajstić information content (AvgIpc) is 0.660. The number of anilines is 6. The van der Waals surface area contributed by atoms with Gasteiger partial charge in [0.05, 0.1) is 11.1 Å². The Labute approximate surface area is 535 Å². The van der Waals surface area contributed by atoms with Crippen molar-refractivity contribution in [3.63, 3.8) is 0 Å². The zero-order chi connectivity index (χ0) is 61.6. The van der Waals surface area contributed by atoms with Crippen LogP contribution < -0.4 is 42.6 Å². The van der Waals surface area contributed by atoms with Crippen LogP contribution in [0.2, 0.25) is 0 Å². The molecule has 18 rings (SSSR count). The predicted molar refractivity (Wildman–Crippen MR) is 381 cm³/mol. The van der Waals surface area contributed by atoms with Gasteiger partial charge >= 0.3 is 11.9 Å². The third-order valence-electron chi connectivity index (χ3n) is 20.1. The number of carbonyl (C=O) groups is 2. The predicted octanol–water partition coefficient (Wildman–Crippen LogP) is 16.4. The summed E-state index contributed by atoms with van der Waals surface area (Å²) in [6, 6.07) is 90.6. The summed E-state index contributed by atoms with van der Waals surface area (Å²) in [6.45, 7) is 8.78. The molecule has 0 amide bonds. The number of rotatable bonds is 10. The van der Waals surface area contributed by atoms with Gasteiger partial charge in [-0.05, 0) is 233 Å². The molecule has 0 aromatic heterocycles. The molecule has 6 nitrogen and oxygen atoms in total. The molecule has 0 bridgehead atoms. The van der Waals surface area contributed by atoms with Crippen LogP contribution in [0.25, 0.3) is 76.8 Å². The summed E-state index contributed by atoms with van der Waals surface area (Å²) < 4.78 is 12.7. The van der Waals surface area contributed by atoms with E-state index >= 15 is 9.59 Å². The monoisotopic (exact) mass is 1180 g/mol. The number of carbonyl (C=O) groups excluding carboxylic acids is 2. The van der Waals surface area contributed by atoms with Crippen LogP contribution in [-0.2, 0) is 22.7 Å². The molecule has 0 saturated carbocycles. The van der Waals surface area contributed by atoms with Crippen molar-refractivity contribution in [3.8, 4) is 44.5 Å². The molecule has 4 aliphatic heterocycles. The molecule has 92 heavy (non-hydrogen) atoms. The van der Waals surface area contributed by atoms with E-state index in [2.05, 4.69) is 232 Å². The standard InChI is InChI=1S/C84H58B2N2O4/c1-49-23-21-24-50(2)75(49)59-43-61-65-39-55(83(89)91-47-53-27-9-5-10-28-53)41-73-81(65)86(68-36-18-20-38-72(68)87(73)57-31-13-7-14-32-57)70-46-64-60(76-51(3)25-22-26-52(76)4)44-62-66-40-56(84(90)92-48-54-29-11-6-12-30-54)42-74-82(66)85(69-45-63(59)79(77(61)70)80(64)78(62)69)67-35-17-19-37-71(67)88(74)58-33-15-8-16-34-58/h5-46H,47-48H2,1-4H3. The highest BCUT2D eigenvalue weighted by Crippen LogP contribution is 2.53. The van der Waals surface area contributed by atoms with Gasteiger partial charge in [0, 0.05) is 34.1 Å². The molecule has 4 aliphatic rings. The highest BCUT2D eigenvalue weighted by Gasteiger charge is 2.46. The molecular formula is C84H58B2N2O4. The molecular weight excluding hydrogens is 1120 g/mol. The summed E-state index contributed by atoms with van der Waals surface area (Å²) in [5.41, 5.74) is 29.4. The number of hydrogen-bond acceptors (Lipinski definition) is 6. The molecule has 0 fully saturated rings. The van der Waals surface area contributed by atoms with E-state index in [0.29, 0.717) is 11.1 Å². The first-order valence-corrected chi connectivity index (χ1v) is 31.8. The van der Waals surface area contributed by atoms with E-state index in [1.165, 1.54) is 87.5 Å². The minimum absolute atomic E-state index is 0.143. The summed E-state index contributed by atoms with van der Waals surface area (Å²) in [7, 11) is 0. The maximum atomic E-state index is 15.1. The maximum Gasteiger partial charge on any atom is 0.338 e. The van der Waals surface area contributed by atoms with Crippen molar-refractivity contribution in [1.29, 1.82) is 0 Å². The van der Waals surface area contributed by atoms with E-state index in [1.807, 2.05) is 60.7 Å². The summed E-state index contributed by atoms with van der Waals surface area (Å²) in [5.74, 6) is -0.770. The fourth-order valence-corrected chi connectivity index (χ4v) is 16.4. The highest BCUT2D eigenvalue weighted by molar-refractivity contribution is 7.02. The molecule has 0 atom stereocenters. The van der Waals surface area contributed by atoms with Crippen LogP contribution in [-0.4, -0.2) is 25.4 Å². The first-order chi connectivity index (χ1) is 45.2. The summed E-state index contributed by atoms with van der Waals surface area (Å²) in [6.07, 6.45) is 0. The zero-order valence-corrected chi connectivity index (χ0v) is 51.3. The Morgan fingerprint density at radius 2 is 0.685 bits per heavy atom. The Morgan fingerprint density at radius 3 is 1.08 bits per heavy atom. The quantitative estimate of drug-likeness (QED) is 0.0773. The van der Waals surface area contributed by atoms with Gasteiger partial charge < -0.3 is 19.3 Å². The third kappa shape index (κ3) is 7.96. The van der Waals surface area contributed by atoms with Gasteiger partial charge in [0.2, 0.25) is 13.4 Å². The molecule has 0 saturated heterocycles. The Balaban J connectivity index is 1.02. The number of esters is 2. The van der Waals surface area contributed by atoms with E-state index < -0.39 is 0 Å². The number of aryl methyl sites for hydroxylation is 4. The number of ether oxygens (including phenoxy) is 2. The van der Waals surface area contributed by atoms with Crippen molar-refractivity contribution in [2.24, 2.45) is 0 Å². The van der Waals surface area contributed by atoms with Crippen LogP contribution in [0.3, 0.4) is 0 Å². The molecule has 0 spiro atoms. The van der Waals surface area contributed by atoms with E-state index in [1.54, 1.807) is 0 Å². The summed E-state index contributed by atoms with van der Waals surface area (Å²) in [4.78, 5) is 34.9. The summed E-state index contributed by atoms with van der Waals surface area (Å²) in [5, 5.41) is 7.06. The first-order valence-electron chi connectivity index (χ1n) is 31.8. The van der Waals surface area contributed by atoms with Gasteiger partial charge in [0.1, 0.15) is 13.2 Å². The lowest BCUT2D eigenvalue weighted by atomic mass is 9.31. The van der Waals surface area contributed by atoms with Crippen molar-refractivity contribution in [2.45, 2.75) is 40.9 Å². The van der Waals surface area contributed by atoms with E-state index in [0.717, 1.165) is 89.6 Å². The Bertz CT molecular complexity index is 5080. The fourth-order valence-electron chi connectivity index (χ4n) is 16.4. The second-order valence-corrected chi connectivity index (χ2v) is 25.4. The highest BCUT2D eigenvalue weighted by atomic mass is 16.5. The van der Waals surface area contributed by atoms with Gasteiger partial charge in [-0.15, -0.1) is 0 Å². The lowest BCUT2D eigenvalue weighted by molar-refractivity contribution is 0.0464. The van der Waals surface area contributed by atoms with Crippen molar-refractivity contribution < 1.29 is 19.1 Å². The Hall–Kier alpha value is -11.2. The molecule has 14 aromatic rings. The number of fused-ring (bicyclic) bond motifs is 8. The van der Waals surface area contributed by atoms with Crippen LogP contribution in [0, 0.1) is 27.7 Å². The Kier molecular flexibility index (Phi) is 12.1. The smallest absolute Gasteiger partial charge is 0.338 e. The Morgan fingerprint density at radius 1 is 0.326 bits per heavy atom. The van der Waals surface area contributed by atoms with Gasteiger partial charge in [0.15, 0.2) is 0 Å². The normalized spacial score (nSPS) is 12.9. The first kappa shape index (κ1) is 53.8. The van der Waals surface area contributed by atoms with Crippen LogP contribution >= 0.6 is 0 Å². The van der Waals surface area contributed by atoms with Crippen molar-refractivity contribution >= 4 is 125 Å². The van der Waals surface area contributed by atoms with Gasteiger partial charge in [0.25, 0.3) is 0 Å². The second-order valence-electron chi connectivity index (χ2n) is 25.4. The van der Waals surface area contributed by atoms with E-state index in [9.17, 15) is 0 Å². The van der Waals surface area contributed by atoms with Crippen LogP contribution in [0.4, 0.5) is 34.1 Å². The van der Waals surface area contributed by atoms with Crippen LogP contribution in [0.5, 0.6) is 0 Å². The van der Waals surface area contributed by atoms with Gasteiger partial charge in [-0.3, -0.25) is 0 Å². The number of benzene rings is 14. The topological polar surface area (TPSA) is 59.1 Å². The largest absolute Gasteiger partial charge is 0.457 e. The van der Waals surface area contributed by atoms with E-state index in [4.69, 9.17) is 9.47 Å². The van der Waals surface area contributed by atoms with Crippen LogP contribution in [0.15, 0.2) is 255 Å².